The molecule has 1 aliphatic heterocycles. The van der Waals surface area contributed by atoms with Gasteiger partial charge in [-0.2, -0.15) is 0 Å². The first kappa shape index (κ1) is 27.3. The third kappa shape index (κ3) is 9.44. The second-order valence-electron chi connectivity index (χ2n) is 9.35. The van der Waals surface area contributed by atoms with E-state index >= 15 is 0 Å². The molecule has 1 unspecified atom stereocenters. The average Bonchev–Trinajstić information content (AvgIpc) is 3.14. The highest BCUT2D eigenvalue weighted by Crippen LogP contribution is 2.30. The Labute approximate surface area is 199 Å². The Morgan fingerprint density at radius 3 is 2.12 bits per heavy atom. The summed E-state index contributed by atoms with van der Waals surface area (Å²) in [4.78, 5) is 2.56. The summed E-state index contributed by atoms with van der Waals surface area (Å²) in [6, 6.07) is 16.2. The normalized spacial score (nSPS) is 17.2. The molecule has 2 aromatic carbocycles. The smallest absolute Gasteiger partial charge is 0.229 e. The molecule has 0 aliphatic carbocycles. The number of rotatable bonds is 7. The molecule has 33 heavy (non-hydrogen) atoms. The molecule has 1 heterocycles. The highest BCUT2D eigenvalue weighted by Gasteiger charge is 2.24. The van der Waals surface area contributed by atoms with E-state index in [9.17, 15) is 16.8 Å². The van der Waals surface area contributed by atoms with Crippen LogP contribution in [0.4, 0.5) is 5.69 Å². The van der Waals surface area contributed by atoms with Crippen molar-refractivity contribution in [3.8, 4) is 11.1 Å². The van der Waals surface area contributed by atoms with Gasteiger partial charge in [0.2, 0.25) is 20.0 Å². The van der Waals surface area contributed by atoms with Crippen molar-refractivity contribution in [2.24, 2.45) is 11.1 Å². The second-order valence-corrected chi connectivity index (χ2v) is 13.2. The number of anilines is 1. The SMILES string of the molecule is CC(C)CN1CCC(c2ccc(-c3cccc(NS(C)(=O)=O)c3)cc2)C1.CC(C)S(N)(=O)=O. The molecule has 0 amide bonds. The fourth-order valence-corrected chi connectivity index (χ4v) is 4.27. The zero-order chi connectivity index (χ0) is 24.8. The van der Waals surface area contributed by atoms with Gasteiger partial charge in [-0.1, -0.05) is 50.2 Å². The highest BCUT2D eigenvalue weighted by molar-refractivity contribution is 7.92. The van der Waals surface area contributed by atoms with Crippen LogP contribution < -0.4 is 9.86 Å². The zero-order valence-corrected chi connectivity index (χ0v) is 21.8. The first-order chi connectivity index (χ1) is 15.2. The third-order valence-electron chi connectivity index (χ3n) is 5.43. The molecule has 1 atom stereocenters. The van der Waals surface area contributed by atoms with Crippen LogP contribution in [-0.2, 0) is 20.0 Å². The molecule has 3 N–H and O–H groups in total. The molecular formula is C24H37N3O4S2. The van der Waals surface area contributed by atoms with Gasteiger partial charge in [0, 0.05) is 18.8 Å². The Bertz CT molecular complexity index is 1110. The highest BCUT2D eigenvalue weighted by atomic mass is 32.2. The van der Waals surface area contributed by atoms with Crippen molar-refractivity contribution in [2.75, 3.05) is 30.6 Å². The summed E-state index contributed by atoms with van der Waals surface area (Å²) >= 11 is 0. The van der Waals surface area contributed by atoms with Crippen LogP contribution in [0.3, 0.4) is 0 Å². The molecule has 0 spiro atoms. The summed E-state index contributed by atoms with van der Waals surface area (Å²) in [6.07, 6.45) is 2.39. The van der Waals surface area contributed by atoms with Gasteiger partial charge >= 0.3 is 0 Å². The molecule has 184 valence electrons. The number of primary sulfonamides is 1. The summed E-state index contributed by atoms with van der Waals surface area (Å²) in [5.41, 5.74) is 4.10. The van der Waals surface area contributed by atoms with Crippen LogP contribution in [0.5, 0.6) is 0 Å². The van der Waals surface area contributed by atoms with Crippen LogP contribution >= 0.6 is 0 Å². The number of sulfonamides is 2. The largest absolute Gasteiger partial charge is 0.302 e. The lowest BCUT2D eigenvalue weighted by Gasteiger charge is -2.18. The van der Waals surface area contributed by atoms with Crippen LogP contribution in [0, 0.1) is 5.92 Å². The van der Waals surface area contributed by atoms with Crippen molar-refractivity contribution >= 4 is 25.7 Å². The Morgan fingerprint density at radius 1 is 1.00 bits per heavy atom. The van der Waals surface area contributed by atoms with E-state index in [4.69, 9.17) is 0 Å². The summed E-state index contributed by atoms with van der Waals surface area (Å²) in [5.74, 6) is 1.32. The molecular weight excluding hydrogens is 458 g/mol. The van der Waals surface area contributed by atoms with Gasteiger partial charge in [0.15, 0.2) is 0 Å². The van der Waals surface area contributed by atoms with Crippen molar-refractivity contribution in [3.05, 3.63) is 54.1 Å². The average molecular weight is 496 g/mol. The number of benzene rings is 2. The van der Waals surface area contributed by atoms with Gasteiger partial charge in [-0.05, 0) is 67.5 Å². The minimum absolute atomic E-state index is 0.451. The maximum absolute atomic E-state index is 11.4. The van der Waals surface area contributed by atoms with Crippen molar-refractivity contribution in [1.82, 2.24) is 4.90 Å². The van der Waals surface area contributed by atoms with Crippen LogP contribution in [0.1, 0.15) is 45.6 Å². The van der Waals surface area contributed by atoms with E-state index in [-0.39, 0.29) is 0 Å². The molecule has 2 aromatic rings. The van der Waals surface area contributed by atoms with E-state index in [1.165, 1.54) is 45.2 Å². The van der Waals surface area contributed by atoms with Gasteiger partial charge in [-0.3, -0.25) is 4.72 Å². The van der Waals surface area contributed by atoms with Crippen molar-refractivity contribution < 1.29 is 16.8 Å². The van der Waals surface area contributed by atoms with E-state index in [1.807, 2.05) is 18.2 Å². The van der Waals surface area contributed by atoms with Crippen molar-refractivity contribution in [3.63, 3.8) is 0 Å². The minimum Gasteiger partial charge on any atom is -0.302 e. The predicted molar refractivity (Wildman–Crippen MR) is 137 cm³/mol. The first-order valence-corrected chi connectivity index (χ1v) is 14.7. The van der Waals surface area contributed by atoms with E-state index < -0.39 is 25.3 Å². The van der Waals surface area contributed by atoms with Gasteiger partial charge in [-0.25, -0.2) is 22.0 Å². The minimum atomic E-state index is -3.26. The third-order valence-corrected chi connectivity index (χ3v) is 7.35. The number of hydrogen-bond acceptors (Lipinski definition) is 5. The molecule has 1 fully saturated rings. The monoisotopic (exact) mass is 495 g/mol. The van der Waals surface area contributed by atoms with Gasteiger partial charge in [0.1, 0.15) is 0 Å². The molecule has 7 nitrogen and oxygen atoms in total. The molecule has 0 bridgehead atoms. The van der Waals surface area contributed by atoms with E-state index in [0.29, 0.717) is 17.5 Å². The maximum Gasteiger partial charge on any atom is 0.229 e. The van der Waals surface area contributed by atoms with Gasteiger partial charge in [-0.15, -0.1) is 0 Å². The molecule has 0 saturated carbocycles. The van der Waals surface area contributed by atoms with Crippen molar-refractivity contribution in [1.29, 1.82) is 0 Å². The molecule has 9 heteroatoms. The summed E-state index contributed by atoms with van der Waals surface area (Å²) in [5, 5.41) is 4.20. The molecule has 0 aromatic heterocycles. The Balaban J connectivity index is 0.000000479. The number of hydrogen-bond donors (Lipinski definition) is 2. The Kier molecular flexibility index (Phi) is 9.48. The molecule has 3 rings (SSSR count). The van der Waals surface area contributed by atoms with E-state index in [0.717, 1.165) is 17.7 Å². The van der Waals surface area contributed by atoms with Crippen LogP contribution in [0.25, 0.3) is 11.1 Å². The number of nitrogens with one attached hydrogen (secondary N) is 1. The fourth-order valence-electron chi connectivity index (χ4n) is 3.71. The lowest BCUT2D eigenvalue weighted by molar-refractivity contribution is 0.295. The lowest BCUT2D eigenvalue weighted by Crippen LogP contribution is -2.24. The molecule has 1 aliphatic rings. The van der Waals surface area contributed by atoms with Crippen LogP contribution in [0.15, 0.2) is 48.5 Å². The fraction of sp³-hybridized carbons (Fsp3) is 0.500. The summed E-state index contributed by atoms with van der Waals surface area (Å²) < 4.78 is 45.6. The number of nitrogens with two attached hydrogens (primary N) is 1. The lowest BCUT2D eigenvalue weighted by atomic mass is 9.95. The Morgan fingerprint density at radius 2 is 1.61 bits per heavy atom. The van der Waals surface area contributed by atoms with E-state index in [1.54, 1.807) is 6.07 Å². The maximum atomic E-state index is 11.4. The summed E-state index contributed by atoms with van der Waals surface area (Å²) in [7, 11) is -6.50. The standard InChI is InChI=1S/C21H28N2O2S.C3H9NO2S/c1-16(2)14-23-12-11-20(15-23)18-9-7-17(8-10-18)19-5-4-6-21(13-19)22-26(3,24)25;1-3(2)7(4,5)6/h4-10,13,16,20,22H,11-12,14-15H2,1-3H3;3H,1-2H3,(H2,4,5,6). The zero-order valence-electron chi connectivity index (χ0n) is 20.2. The topological polar surface area (TPSA) is 110 Å². The summed E-state index contributed by atoms with van der Waals surface area (Å²) in [6.45, 7) is 11.1. The number of likely N-dealkylation sites (tertiary alicyclic amines) is 1. The van der Waals surface area contributed by atoms with Crippen LogP contribution in [0.2, 0.25) is 0 Å². The van der Waals surface area contributed by atoms with Crippen molar-refractivity contribution in [2.45, 2.75) is 45.3 Å². The quantitative estimate of drug-likeness (QED) is 0.606. The second kappa shape index (κ2) is 11.5. The van der Waals surface area contributed by atoms with Gasteiger partial charge in [0.05, 0.1) is 11.5 Å². The first-order valence-electron chi connectivity index (χ1n) is 11.2. The molecule has 0 radical (unpaired) electrons. The van der Waals surface area contributed by atoms with E-state index in [2.05, 4.69) is 52.9 Å². The van der Waals surface area contributed by atoms with Gasteiger partial charge in [0.25, 0.3) is 0 Å². The number of nitrogens with zero attached hydrogens (tertiary/aromatic N) is 1. The van der Waals surface area contributed by atoms with Crippen LogP contribution in [-0.4, -0.2) is 52.9 Å². The molecule has 1 saturated heterocycles. The predicted octanol–water partition coefficient (Wildman–Crippen LogP) is 3.85. The Hall–Kier alpha value is -1.94. The van der Waals surface area contributed by atoms with Gasteiger partial charge < -0.3 is 4.90 Å².